The van der Waals surface area contributed by atoms with E-state index >= 15 is 0 Å². The monoisotopic (exact) mass is 265 g/mol. The zero-order valence-electron chi connectivity index (χ0n) is 10.8. The van der Waals surface area contributed by atoms with Crippen LogP contribution in [-0.2, 0) is 9.84 Å². The number of benzene rings is 1. The third kappa shape index (κ3) is 3.21. The maximum Gasteiger partial charge on any atom is 0.175 e. The molecule has 0 saturated heterocycles. The fourth-order valence-corrected chi connectivity index (χ4v) is 2.53. The summed E-state index contributed by atoms with van der Waals surface area (Å²) in [6.07, 6.45) is 7.84. The topological polar surface area (TPSA) is 60.2 Å². The molecule has 18 heavy (non-hydrogen) atoms. The molecule has 2 rings (SSSR count). The van der Waals surface area contributed by atoms with E-state index in [1.165, 1.54) is 19.1 Å². The van der Waals surface area contributed by atoms with Gasteiger partial charge in [-0.3, -0.25) is 0 Å². The molecule has 2 N–H and O–H groups in total. The number of nitrogens with two attached hydrogens (primary N) is 1. The predicted molar refractivity (Wildman–Crippen MR) is 73.9 cm³/mol. The number of hydrogen-bond acceptors (Lipinski definition) is 3. The Labute approximate surface area is 109 Å². The Balaban J connectivity index is 2.43. The van der Waals surface area contributed by atoms with Crippen molar-refractivity contribution in [3.05, 3.63) is 35.4 Å². The Kier molecular flexibility index (Phi) is 3.59. The van der Waals surface area contributed by atoms with E-state index in [4.69, 9.17) is 5.73 Å². The molecule has 0 unspecified atom stereocenters. The first-order chi connectivity index (χ1) is 8.38. The van der Waals surface area contributed by atoms with Gasteiger partial charge in [-0.05, 0) is 48.9 Å². The van der Waals surface area contributed by atoms with Crippen molar-refractivity contribution in [2.45, 2.75) is 30.7 Å². The highest BCUT2D eigenvalue weighted by molar-refractivity contribution is 7.90. The summed E-state index contributed by atoms with van der Waals surface area (Å²) in [7, 11) is -3.17. The van der Waals surface area contributed by atoms with E-state index in [-0.39, 0.29) is 6.04 Å². The second kappa shape index (κ2) is 4.86. The molecule has 98 valence electrons. The van der Waals surface area contributed by atoms with Crippen LogP contribution in [0.15, 0.2) is 29.2 Å². The van der Waals surface area contributed by atoms with Crippen molar-refractivity contribution in [2.75, 3.05) is 6.26 Å². The SMILES string of the molecule is C[C@@H](N)c1ccc(S(C)(=O)=O)cc1/C=C/C1CC1. The van der Waals surface area contributed by atoms with E-state index in [9.17, 15) is 8.42 Å². The lowest BCUT2D eigenvalue weighted by molar-refractivity contribution is 0.601. The summed E-state index contributed by atoms with van der Waals surface area (Å²) in [6.45, 7) is 1.91. The fraction of sp³-hybridized carbons (Fsp3) is 0.429. The van der Waals surface area contributed by atoms with Crippen LogP contribution in [0.5, 0.6) is 0 Å². The van der Waals surface area contributed by atoms with E-state index in [1.54, 1.807) is 12.1 Å². The van der Waals surface area contributed by atoms with E-state index in [0.29, 0.717) is 10.8 Å². The van der Waals surface area contributed by atoms with Gasteiger partial charge in [-0.1, -0.05) is 18.2 Å². The minimum atomic E-state index is -3.17. The molecule has 1 atom stereocenters. The molecule has 0 heterocycles. The Hall–Kier alpha value is -1.13. The van der Waals surface area contributed by atoms with Gasteiger partial charge < -0.3 is 5.73 Å². The van der Waals surface area contributed by atoms with Gasteiger partial charge in [0, 0.05) is 12.3 Å². The quantitative estimate of drug-likeness (QED) is 0.910. The van der Waals surface area contributed by atoms with Crippen molar-refractivity contribution in [3.63, 3.8) is 0 Å². The van der Waals surface area contributed by atoms with Gasteiger partial charge in [0.05, 0.1) is 4.90 Å². The van der Waals surface area contributed by atoms with Gasteiger partial charge in [0.1, 0.15) is 0 Å². The molecule has 4 heteroatoms. The van der Waals surface area contributed by atoms with Crippen molar-refractivity contribution in [3.8, 4) is 0 Å². The van der Waals surface area contributed by atoms with Crippen LogP contribution in [0.2, 0.25) is 0 Å². The maximum absolute atomic E-state index is 11.6. The van der Waals surface area contributed by atoms with E-state index in [2.05, 4.69) is 6.08 Å². The first-order valence-corrected chi connectivity index (χ1v) is 8.05. The van der Waals surface area contributed by atoms with Gasteiger partial charge in [0.15, 0.2) is 9.84 Å². The zero-order chi connectivity index (χ0) is 13.3. The van der Waals surface area contributed by atoms with Crippen LogP contribution in [0.3, 0.4) is 0 Å². The van der Waals surface area contributed by atoms with Gasteiger partial charge in [0.2, 0.25) is 0 Å². The van der Waals surface area contributed by atoms with Crippen molar-refractivity contribution in [1.82, 2.24) is 0 Å². The van der Waals surface area contributed by atoms with Crippen LogP contribution < -0.4 is 5.73 Å². The highest BCUT2D eigenvalue weighted by Crippen LogP contribution is 2.32. The number of hydrogen-bond donors (Lipinski definition) is 1. The first kappa shape index (κ1) is 13.3. The molecular formula is C14H19NO2S. The van der Waals surface area contributed by atoms with Crippen molar-refractivity contribution >= 4 is 15.9 Å². The third-order valence-electron chi connectivity index (χ3n) is 3.15. The Morgan fingerprint density at radius 1 is 1.39 bits per heavy atom. The summed E-state index contributed by atoms with van der Waals surface area (Å²) in [4.78, 5) is 0.349. The summed E-state index contributed by atoms with van der Waals surface area (Å²) in [6, 6.07) is 5.06. The molecule has 0 amide bonds. The van der Waals surface area contributed by atoms with Crippen LogP contribution in [0.25, 0.3) is 6.08 Å². The molecule has 0 spiro atoms. The number of allylic oxidation sites excluding steroid dienone is 1. The summed E-state index contributed by atoms with van der Waals surface area (Å²) < 4.78 is 23.1. The standard InChI is InChI=1S/C14H19NO2S/c1-10(15)14-8-7-13(18(2,16)17)9-12(14)6-5-11-3-4-11/h5-11H,3-4,15H2,1-2H3/b6-5+/t10-/m1/s1. The Morgan fingerprint density at radius 3 is 2.56 bits per heavy atom. The lowest BCUT2D eigenvalue weighted by atomic mass is 10.0. The lowest BCUT2D eigenvalue weighted by Gasteiger charge is -2.11. The molecule has 1 aliphatic carbocycles. The number of sulfone groups is 1. The van der Waals surface area contributed by atoms with Crippen molar-refractivity contribution < 1.29 is 8.42 Å². The van der Waals surface area contributed by atoms with Crippen molar-refractivity contribution in [1.29, 1.82) is 0 Å². The van der Waals surface area contributed by atoms with Gasteiger partial charge in [-0.25, -0.2) is 8.42 Å². The fourth-order valence-electron chi connectivity index (χ4n) is 1.87. The average molecular weight is 265 g/mol. The average Bonchev–Trinajstić information content (AvgIpc) is 3.08. The predicted octanol–water partition coefficient (Wildman–Crippen LogP) is 2.53. The summed E-state index contributed by atoms with van der Waals surface area (Å²) >= 11 is 0. The molecule has 0 radical (unpaired) electrons. The normalized spacial score (nSPS) is 18.2. The van der Waals surface area contributed by atoms with Crippen LogP contribution in [0.4, 0.5) is 0 Å². The maximum atomic E-state index is 11.6. The van der Waals surface area contributed by atoms with E-state index in [1.807, 2.05) is 19.1 Å². The molecule has 0 bridgehead atoms. The summed E-state index contributed by atoms with van der Waals surface area (Å²) in [5.74, 6) is 0.660. The van der Waals surface area contributed by atoms with E-state index in [0.717, 1.165) is 11.1 Å². The first-order valence-electron chi connectivity index (χ1n) is 6.15. The largest absolute Gasteiger partial charge is 0.324 e. The zero-order valence-corrected chi connectivity index (χ0v) is 11.6. The van der Waals surface area contributed by atoms with Gasteiger partial charge in [-0.15, -0.1) is 0 Å². The molecule has 1 aromatic rings. The molecule has 1 aliphatic rings. The molecule has 1 saturated carbocycles. The number of rotatable bonds is 4. The van der Waals surface area contributed by atoms with Gasteiger partial charge in [-0.2, -0.15) is 0 Å². The molecular weight excluding hydrogens is 246 g/mol. The van der Waals surface area contributed by atoms with Crippen molar-refractivity contribution in [2.24, 2.45) is 11.7 Å². The van der Waals surface area contributed by atoms with Crippen LogP contribution >= 0.6 is 0 Å². The second-order valence-corrected chi connectivity index (χ2v) is 7.06. The summed E-state index contributed by atoms with van der Waals surface area (Å²) in [5, 5.41) is 0. The minimum absolute atomic E-state index is 0.0996. The third-order valence-corrected chi connectivity index (χ3v) is 4.26. The van der Waals surface area contributed by atoms with Crippen LogP contribution in [0.1, 0.15) is 36.9 Å². The molecule has 0 aromatic heterocycles. The second-order valence-electron chi connectivity index (χ2n) is 5.05. The van der Waals surface area contributed by atoms with Crippen LogP contribution in [0, 0.1) is 5.92 Å². The Bertz CT molecular complexity index is 569. The molecule has 1 aromatic carbocycles. The summed E-state index contributed by atoms with van der Waals surface area (Å²) in [5.41, 5.74) is 7.81. The molecule has 0 aliphatic heterocycles. The molecule has 3 nitrogen and oxygen atoms in total. The highest BCUT2D eigenvalue weighted by Gasteiger charge is 2.18. The highest BCUT2D eigenvalue weighted by atomic mass is 32.2. The minimum Gasteiger partial charge on any atom is -0.324 e. The van der Waals surface area contributed by atoms with Gasteiger partial charge in [0.25, 0.3) is 0 Å². The van der Waals surface area contributed by atoms with E-state index < -0.39 is 9.84 Å². The molecule has 1 fully saturated rings. The lowest BCUT2D eigenvalue weighted by Crippen LogP contribution is -2.08. The Morgan fingerprint density at radius 2 is 2.06 bits per heavy atom. The van der Waals surface area contributed by atoms with Gasteiger partial charge >= 0.3 is 0 Å². The smallest absolute Gasteiger partial charge is 0.175 e. The van der Waals surface area contributed by atoms with Crippen LogP contribution in [-0.4, -0.2) is 14.7 Å².